The maximum Gasteiger partial charge on any atom is 0.115 e. The normalized spacial score (nSPS) is 10.9. The van der Waals surface area contributed by atoms with E-state index >= 15 is 0 Å². The molecule has 0 amide bonds. The van der Waals surface area contributed by atoms with Crippen LogP contribution in [0.4, 0.5) is 0 Å². The van der Waals surface area contributed by atoms with E-state index in [1.807, 2.05) is 12.4 Å². The summed E-state index contributed by atoms with van der Waals surface area (Å²) >= 11 is 0. The van der Waals surface area contributed by atoms with Crippen molar-refractivity contribution in [3.8, 4) is 11.1 Å². The van der Waals surface area contributed by atoms with Crippen LogP contribution in [0, 0.1) is 6.92 Å². The van der Waals surface area contributed by atoms with Crippen molar-refractivity contribution in [1.29, 1.82) is 0 Å². The van der Waals surface area contributed by atoms with E-state index in [1.54, 1.807) is 6.33 Å². The van der Waals surface area contributed by atoms with E-state index in [0.717, 1.165) is 12.1 Å². The molecule has 0 aliphatic rings. The van der Waals surface area contributed by atoms with Crippen LogP contribution < -0.4 is 5.32 Å². The zero-order chi connectivity index (χ0) is 13.0. The molecule has 2 rings (SSSR count). The van der Waals surface area contributed by atoms with Gasteiger partial charge in [0.25, 0.3) is 0 Å². The third kappa shape index (κ3) is 3.14. The number of aryl methyl sites for hydroxylation is 1. The minimum atomic E-state index is 0.507. The lowest BCUT2D eigenvalue weighted by atomic mass is 10.0. The molecule has 0 spiro atoms. The quantitative estimate of drug-likeness (QED) is 0.894. The molecule has 2 aromatic rings. The Hall–Kier alpha value is -1.74. The van der Waals surface area contributed by atoms with Gasteiger partial charge in [0.2, 0.25) is 0 Å². The third-order valence-corrected chi connectivity index (χ3v) is 2.88. The summed E-state index contributed by atoms with van der Waals surface area (Å²) in [6.45, 7) is 7.34. The maximum absolute atomic E-state index is 4.06. The topological polar surface area (TPSA) is 37.8 Å². The molecule has 0 saturated heterocycles. The van der Waals surface area contributed by atoms with E-state index in [2.05, 4.69) is 54.3 Å². The van der Waals surface area contributed by atoms with Gasteiger partial charge >= 0.3 is 0 Å². The Kier molecular flexibility index (Phi) is 4.05. The Bertz CT molecular complexity index is 506. The molecule has 1 aromatic carbocycles. The van der Waals surface area contributed by atoms with Gasteiger partial charge in [-0.25, -0.2) is 9.97 Å². The number of nitrogens with one attached hydrogen (secondary N) is 1. The molecule has 1 aromatic heterocycles. The first-order valence-electron chi connectivity index (χ1n) is 6.25. The van der Waals surface area contributed by atoms with Crippen molar-refractivity contribution in [3.05, 3.63) is 48.0 Å². The summed E-state index contributed by atoms with van der Waals surface area (Å²) in [6, 6.07) is 7.03. The largest absolute Gasteiger partial charge is 0.310 e. The number of aromatic nitrogens is 2. The van der Waals surface area contributed by atoms with Crippen LogP contribution in [0.25, 0.3) is 11.1 Å². The molecule has 0 radical (unpaired) electrons. The van der Waals surface area contributed by atoms with Gasteiger partial charge in [0.15, 0.2) is 0 Å². The smallest absolute Gasteiger partial charge is 0.115 e. The summed E-state index contributed by atoms with van der Waals surface area (Å²) in [6.07, 6.45) is 5.25. The van der Waals surface area contributed by atoms with Crippen LogP contribution in [0.2, 0.25) is 0 Å². The van der Waals surface area contributed by atoms with E-state index in [4.69, 9.17) is 0 Å². The first kappa shape index (κ1) is 12.7. The van der Waals surface area contributed by atoms with Crippen LogP contribution >= 0.6 is 0 Å². The second-order valence-electron chi connectivity index (χ2n) is 4.81. The van der Waals surface area contributed by atoms with Crippen LogP contribution in [-0.2, 0) is 6.54 Å². The van der Waals surface area contributed by atoms with Crippen molar-refractivity contribution >= 4 is 0 Å². The third-order valence-electron chi connectivity index (χ3n) is 2.88. The van der Waals surface area contributed by atoms with Gasteiger partial charge in [-0.05, 0) is 23.6 Å². The van der Waals surface area contributed by atoms with Gasteiger partial charge in [-0.1, -0.05) is 32.0 Å². The number of benzene rings is 1. The van der Waals surface area contributed by atoms with Gasteiger partial charge in [-0.2, -0.15) is 0 Å². The standard InChI is InChI=1S/C15H19N3/c1-11(2)18-7-13-4-5-15(12(3)6-13)14-8-16-10-17-9-14/h4-6,8-11,18H,7H2,1-3H3. The first-order chi connectivity index (χ1) is 8.66. The van der Waals surface area contributed by atoms with Crippen LogP contribution in [-0.4, -0.2) is 16.0 Å². The fourth-order valence-corrected chi connectivity index (χ4v) is 1.92. The Morgan fingerprint density at radius 2 is 1.89 bits per heavy atom. The molecule has 3 heteroatoms. The van der Waals surface area contributed by atoms with Crippen LogP contribution in [0.3, 0.4) is 0 Å². The highest BCUT2D eigenvalue weighted by Gasteiger charge is 2.03. The van der Waals surface area contributed by atoms with Gasteiger partial charge in [0.1, 0.15) is 6.33 Å². The number of nitrogens with zero attached hydrogens (tertiary/aromatic N) is 2. The molecule has 1 N–H and O–H groups in total. The molecule has 0 aliphatic heterocycles. The Morgan fingerprint density at radius 1 is 1.17 bits per heavy atom. The summed E-state index contributed by atoms with van der Waals surface area (Å²) in [7, 11) is 0. The van der Waals surface area contributed by atoms with E-state index in [-0.39, 0.29) is 0 Å². The van der Waals surface area contributed by atoms with Crippen molar-refractivity contribution in [3.63, 3.8) is 0 Å². The molecule has 0 aliphatic carbocycles. The molecule has 0 atom stereocenters. The van der Waals surface area contributed by atoms with Crippen molar-refractivity contribution in [2.75, 3.05) is 0 Å². The second-order valence-corrected chi connectivity index (χ2v) is 4.81. The summed E-state index contributed by atoms with van der Waals surface area (Å²) < 4.78 is 0. The Balaban J connectivity index is 2.20. The van der Waals surface area contributed by atoms with E-state index in [1.165, 1.54) is 16.7 Å². The summed E-state index contributed by atoms with van der Waals surface area (Å²) in [5.41, 5.74) is 4.83. The summed E-state index contributed by atoms with van der Waals surface area (Å²) in [4.78, 5) is 8.12. The molecule has 1 heterocycles. The zero-order valence-electron chi connectivity index (χ0n) is 11.1. The highest BCUT2D eigenvalue weighted by atomic mass is 14.9. The predicted molar refractivity (Wildman–Crippen MR) is 74.2 cm³/mol. The van der Waals surface area contributed by atoms with Gasteiger partial charge < -0.3 is 5.32 Å². The Labute approximate surface area is 108 Å². The first-order valence-corrected chi connectivity index (χ1v) is 6.25. The molecular weight excluding hydrogens is 222 g/mol. The number of hydrogen-bond acceptors (Lipinski definition) is 3. The molecule has 94 valence electrons. The highest BCUT2D eigenvalue weighted by Crippen LogP contribution is 2.22. The lowest BCUT2D eigenvalue weighted by molar-refractivity contribution is 0.589. The molecule has 0 unspecified atom stereocenters. The molecule has 0 bridgehead atoms. The average Bonchev–Trinajstić information content (AvgIpc) is 2.37. The molecule has 0 saturated carbocycles. The minimum absolute atomic E-state index is 0.507. The zero-order valence-corrected chi connectivity index (χ0v) is 11.1. The van der Waals surface area contributed by atoms with Gasteiger partial charge in [-0.3, -0.25) is 0 Å². The van der Waals surface area contributed by atoms with E-state index in [9.17, 15) is 0 Å². The van der Waals surface area contributed by atoms with Gasteiger partial charge in [0.05, 0.1) is 0 Å². The van der Waals surface area contributed by atoms with Crippen molar-refractivity contribution < 1.29 is 0 Å². The summed E-state index contributed by atoms with van der Waals surface area (Å²) in [5.74, 6) is 0. The number of hydrogen-bond donors (Lipinski definition) is 1. The molecule has 3 nitrogen and oxygen atoms in total. The van der Waals surface area contributed by atoms with Crippen LogP contribution in [0.15, 0.2) is 36.9 Å². The van der Waals surface area contributed by atoms with E-state index < -0.39 is 0 Å². The average molecular weight is 241 g/mol. The van der Waals surface area contributed by atoms with Crippen LogP contribution in [0.5, 0.6) is 0 Å². The molecule has 18 heavy (non-hydrogen) atoms. The van der Waals surface area contributed by atoms with Gasteiger partial charge in [0, 0.05) is 30.5 Å². The van der Waals surface area contributed by atoms with Crippen molar-refractivity contribution in [2.24, 2.45) is 0 Å². The number of rotatable bonds is 4. The SMILES string of the molecule is Cc1cc(CNC(C)C)ccc1-c1cncnc1. The van der Waals surface area contributed by atoms with Gasteiger partial charge in [-0.15, -0.1) is 0 Å². The second kappa shape index (κ2) is 5.74. The fraction of sp³-hybridized carbons (Fsp3) is 0.333. The Morgan fingerprint density at radius 3 is 2.50 bits per heavy atom. The van der Waals surface area contributed by atoms with Crippen molar-refractivity contribution in [1.82, 2.24) is 15.3 Å². The van der Waals surface area contributed by atoms with Crippen molar-refractivity contribution in [2.45, 2.75) is 33.4 Å². The highest BCUT2D eigenvalue weighted by molar-refractivity contribution is 5.65. The molecular formula is C15H19N3. The lowest BCUT2D eigenvalue weighted by Gasteiger charge is -2.11. The fourth-order valence-electron chi connectivity index (χ4n) is 1.92. The van der Waals surface area contributed by atoms with Crippen LogP contribution in [0.1, 0.15) is 25.0 Å². The minimum Gasteiger partial charge on any atom is -0.310 e. The van der Waals surface area contributed by atoms with E-state index in [0.29, 0.717) is 6.04 Å². The predicted octanol–water partition coefficient (Wildman–Crippen LogP) is 2.95. The monoisotopic (exact) mass is 241 g/mol. The molecule has 0 fully saturated rings. The maximum atomic E-state index is 4.06. The lowest BCUT2D eigenvalue weighted by Crippen LogP contribution is -2.21. The summed E-state index contributed by atoms with van der Waals surface area (Å²) in [5, 5.41) is 3.42.